The van der Waals surface area contributed by atoms with Crippen molar-refractivity contribution in [1.29, 1.82) is 0 Å². The Bertz CT molecular complexity index is 579. The van der Waals surface area contributed by atoms with Crippen LogP contribution in [-0.2, 0) is 11.3 Å². The highest BCUT2D eigenvalue weighted by Gasteiger charge is 2.12. The van der Waals surface area contributed by atoms with Crippen LogP contribution in [-0.4, -0.2) is 5.91 Å². The average Bonchev–Trinajstić information content (AvgIpc) is 2.35. The Morgan fingerprint density at radius 1 is 1.15 bits per heavy atom. The molecule has 3 nitrogen and oxygen atoms in total. The fourth-order valence-corrected chi connectivity index (χ4v) is 2.32. The fourth-order valence-electron chi connectivity index (χ4n) is 1.99. The summed E-state index contributed by atoms with van der Waals surface area (Å²) in [6, 6.07) is 9.40. The molecule has 1 aromatic heterocycles. The number of nitrogens with zero attached hydrogens (tertiary/aromatic N) is 1. The molecule has 0 bridgehead atoms. The number of carbonyl (C=O) groups excluding carboxylic acids is 1. The smallest absolute Gasteiger partial charge is 0.290 e. The van der Waals surface area contributed by atoms with Crippen LogP contribution in [0.15, 0.2) is 42.7 Å². The number of aromatic nitrogens is 1. The van der Waals surface area contributed by atoms with Crippen LogP contribution in [0.1, 0.15) is 11.1 Å². The van der Waals surface area contributed by atoms with Gasteiger partial charge in [0.05, 0.1) is 0 Å². The van der Waals surface area contributed by atoms with Gasteiger partial charge in [-0.2, -0.15) is 4.57 Å². The Labute approximate surface area is 134 Å². The van der Waals surface area contributed by atoms with Crippen molar-refractivity contribution in [3.8, 4) is 0 Å². The summed E-state index contributed by atoms with van der Waals surface area (Å²) < 4.78 is 1.83. The highest BCUT2D eigenvalue weighted by Crippen LogP contribution is 2.24. The second-order valence-corrected chi connectivity index (χ2v) is 4.95. The van der Waals surface area contributed by atoms with E-state index in [1.165, 1.54) is 0 Å². The van der Waals surface area contributed by atoms with Crippen LogP contribution in [0.3, 0.4) is 0 Å². The third-order valence-electron chi connectivity index (χ3n) is 2.87. The van der Waals surface area contributed by atoms with Crippen LogP contribution >= 0.6 is 11.6 Å². The molecule has 1 aromatic carbocycles. The largest absolute Gasteiger partial charge is 1.00 e. The summed E-state index contributed by atoms with van der Waals surface area (Å²) in [6.07, 6.45) is 3.72. The number of benzene rings is 1. The molecule has 0 aliphatic heterocycles. The second-order valence-electron chi connectivity index (χ2n) is 4.51. The lowest BCUT2D eigenvalue weighted by Crippen LogP contribution is -3.00. The van der Waals surface area contributed by atoms with E-state index in [1.807, 2.05) is 61.1 Å². The van der Waals surface area contributed by atoms with E-state index in [2.05, 4.69) is 5.32 Å². The summed E-state index contributed by atoms with van der Waals surface area (Å²) in [5.41, 5.74) is 2.78. The maximum absolute atomic E-state index is 12.0. The van der Waals surface area contributed by atoms with Gasteiger partial charge in [-0.3, -0.25) is 4.79 Å². The minimum absolute atomic E-state index is 0. The molecule has 0 saturated heterocycles. The molecule has 0 aliphatic carbocycles. The molecule has 5 heteroatoms. The van der Waals surface area contributed by atoms with E-state index in [1.54, 1.807) is 0 Å². The van der Waals surface area contributed by atoms with Gasteiger partial charge >= 0.3 is 0 Å². The third-order valence-corrected chi connectivity index (χ3v) is 3.08. The van der Waals surface area contributed by atoms with Crippen molar-refractivity contribution in [2.75, 3.05) is 5.32 Å². The van der Waals surface area contributed by atoms with Crippen LogP contribution < -0.4 is 26.9 Å². The zero-order chi connectivity index (χ0) is 13.8. The van der Waals surface area contributed by atoms with Gasteiger partial charge in [0.25, 0.3) is 5.91 Å². The fraction of sp³-hybridized carbons (Fsp3) is 0.200. The maximum Gasteiger partial charge on any atom is 0.290 e. The number of nitrogens with one attached hydrogen (secondary N) is 1. The number of pyridine rings is 1. The lowest BCUT2D eigenvalue weighted by atomic mass is 10.1. The van der Waals surface area contributed by atoms with E-state index in [4.69, 9.17) is 11.6 Å². The number of hydrogen-bond donors (Lipinski definition) is 1. The SMILES string of the molecule is Cc1cc(Cl)cc(C)c1NC(=O)C[n+]1ccccc1.[Br-]. The van der Waals surface area contributed by atoms with Crippen molar-refractivity contribution in [3.63, 3.8) is 0 Å². The summed E-state index contributed by atoms with van der Waals surface area (Å²) in [4.78, 5) is 12.0. The average molecular weight is 356 g/mol. The zero-order valence-corrected chi connectivity index (χ0v) is 13.7. The number of amides is 1. The highest BCUT2D eigenvalue weighted by atomic mass is 79.9. The van der Waals surface area contributed by atoms with Gasteiger partial charge in [-0.1, -0.05) is 17.7 Å². The minimum Gasteiger partial charge on any atom is -1.00 e. The Morgan fingerprint density at radius 3 is 2.25 bits per heavy atom. The van der Waals surface area contributed by atoms with Gasteiger partial charge in [0.15, 0.2) is 12.4 Å². The first-order chi connectivity index (χ1) is 9.06. The maximum atomic E-state index is 12.0. The normalized spacial score (nSPS) is 9.75. The molecule has 0 radical (unpaired) electrons. The van der Waals surface area contributed by atoms with Crippen molar-refractivity contribution in [2.45, 2.75) is 20.4 Å². The molecule has 0 aliphatic rings. The van der Waals surface area contributed by atoms with Crippen LogP contribution in [0, 0.1) is 13.8 Å². The second kappa shape index (κ2) is 7.41. The van der Waals surface area contributed by atoms with Crippen molar-refractivity contribution in [2.24, 2.45) is 0 Å². The monoisotopic (exact) mass is 354 g/mol. The van der Waals surface area contributed by atoms with Gasteiger partial charge in [0.2, 0.25) is 6.54 Å². The molecule has 20 heavy (non-hydrogen) atoms. The molecule has 1 heterocycles. The molecular formula is C15H16BrClN2O. The quantitative estimate of drug-likeness (QED) is 0.766. The topological polar surface area (TPSA) is 33.0 Å². The number of halogens is 2. The zero-order valence-electron chi connectivity index (χ0n) is 11.4. The molecule has 1 amide bonds. The summed E-state index contributed by atoms with van der Waals surface area (Å²) in [5.74, 6) is -0.0512. The van der Waals surface area contributed by atoms with Crippen molar-refractivity contribution >= 4 is 23.2 Å². The summed E-state index contributed by atoms with van der Waals surface area (Å²) >= 11 is 5.97. The third kappa shape index (κ3) is 4.32. The predicted octanol–water partition coefficient (Wildman–Crippen LogP) is -0.113. The molecule has 2 rings (SSSR count). The number of aryl methyl sites for hydroxylation is 2. The van der Waals surface area contributed by atoms with Crippen LogP contribution in [0.5, 0.6) is 0 Å². The van der Waals surface area contributed by atoms with Gasteiger partial charge in [-0.25, -0.2) is 0 Å². The molecule has 0 atom stereocenters. The summed E-state index contributed by atoms with van der Waals surface area (Å²) in [5, 5.41) is 3.62. The molecular weight excluding hydrogens is 340 g/mol. The first-order valence-corrected chi connectivity index (χ1v) is 6.45. The van der Waals surface area contributed by atoms with Gasteiger partial charge in [-0.15, -0.1) is 0 Å². The molecule has 0 fully saturated rings. The van der Waals surface area contributed by atoms with Crippen LogP contribution in [0.2, 0.25) is 5.02 Å². The Balaban J connectivity index is 0.00000200. The number of hydrogen-bond acceptors (Lipinski definition) is 1. The molecule has 1 N–H and O–H groups in total. The van der Waals surface area contributed by atoms with Gasteiger partial charge in [0.1, 0.15) is 0 Å². The first-order valence-electron chi connectivity index (χ1n) is 6.07. The van der Waals surface area contributed by atoms with Gasteiger partial charge < -0.3 is 22.3 Å². The van der Waals surface area contributed by atoms with Crippen molar-refractivity contribution in [3.05, 3.63) is 58.9 Å². The van der Waals surface area contributed by atoms with E-state index >= 15 is 0 Å². The van der Waals surface area contributed by atoms with Crippen molar-refractivity contribution in [1.82, 2.24) is 0 Å². The van der Waals surface area contributed by atoms with Gasteiger partial charge in [0, 0.05) is 22.8 Å². The molecule has 0 spiro atoms. The number of carbonyl (C=O) groups is 1. The lowest BCUT2D eigenvalue weighted by Gasteiger charge is -2.11. The van der Waals surface area contributed by atoms with E-state index in [0.717, 1.165) is 16.8 Å². The predicted molar refractivity (Wildman–Crippen MR) is 76.2 cm³/mol. The Morgan fingerprint density at radius 2 is 1.70 bits per heavy atom. The van der Waals surface area contributed by atoms with E-state index in [-0.39, 0.29) is 22.9 Å². The number of rotatable bonds is 3. The molecule has 0 saturated carbocycles. The Kier molecular flexibility index (Phi) is 6.17. The van der Waals surface area contributed by atoms with E-state index in [0.29, 0.717) is 11.6 Å². The standard InChI is InChI=1S/C15H15ClN2O.BrH/c1-11-8-13(16)9-12(2)15(11)17-14(19)10-18-6-4-3-5-7-18;/h3-9H,10H2,1-2H3;1H. The summed E-state index contributed by atoms with van der Waals surface area (Å²) in [6.45, 7) is 4.16. The van der Waals surface area contributed by atoms with E-state index < -0.39 is 0 Å². The molecule has 2 aromatic rings. The van der Waals surface area contributed by atoms with Crippen molar-refractivity contribution < 1.29 is 26.3 Å². The first kappa shape index (κ1) is 16.7. The van der Waals surface area contributed by atoms with E-state index in [9.17, 15) is 4.79 Å². The highest BCUT2D eigenvalue weighted by molar-refractivity contribution is 6.30. The summed E-state index contributed by atoms with van der Waals surface area (Å²) in [7, 11) is 0. The lowest BCUT2D eigenvalue weighted by molar-refractivity contribution is -0.684. The minimum atomic E-state index is -0.0512. The Hall–Kier alpha value is -1.39. The van der Waals surface area contributed by atoms with Crippen LogP contribution in [0.4, 0.5) is 5.69 Å². The van der Waals surface area contributed by atoms with Crippen LogP contribution in [0.25, 0.3) is 0 Å². The molecule has 106 valence electrons. The molecule has 0 unspecified atom stereocenters. The van der Waals surface area contributed by atoms with Gasteiger partial charge in [-0.05, 0) is 37.1 Å². The number of anilines is 1.